The van der Waals surface area contributed by atoms with Gasteiger partial charge in [-0.25, -0.2) is 9.36 Å². The number of pyridine rings is 1. The largest absolute Gasteiger partial charge is 0.443 e. The van der Waals surface area contributed by atoms with Crippen LogP contribution in [0.1, 0.15) is 52.7 Å². The van der Waals surface area contributed by atoms with Crippen LogP contribution >= 0.6 is 11.6 Å². The van der Waals surface area contributed by atoms with Crippen molar-refractivity contribution in [3.8, 4) is 12.3 Å². The fourth-order valence-corrected chi connectivity index (χ4v) is 3.09. The minimum atomic E-state index is -4.72. The molecule has 1 aromatic carbocycles. The number of primary amides is 1. The molecule has 40 heavy (non-hydrogen) atoms. The number of terminal acetylenes is 1. The summed E-state index contributed by atoms with van der Waals surface area (Å²) in [6.45, 7) is 4.82. The second kappa shape index (κ2) is 12.7. The number of amides is 2. The Morgan fingerprint density at radius 1 is 1.20 bits per heavy atom. The zero-order valence-electron chi connectivity index (χ0n) is 21.2. The van der Waals surface area contributed by atoms with E-state index in [1.54, 1.807) is 20.8 Å². The summed E-state index contributed by atoms with van der Waals surface area (Å²) in [5.41, 5.74) is 11.9. The zero-order chi connectivity index (χ0) is 30.3. The first-order valence-electron chi connectivity index (χ1n) is 11.0. The fraction of sp³-hybridized carbons (Fsp3) is 0.200. The van der Waals surface area contributed by atoms with Gasteiger partial charge in [-0.15, -0.1) is 6.42 Å². The number of benzene rings is 1. The molecule has 2 aromatic heterocycles. The highest BCUT2D eigenvalue weighted by Crippen LogP contribution is 2.36. The predicted octanol–water partition coefficient (Wildman–Crippen LogP) is 6.30. The topological polar surface area (TPSA) is 165 Å². The third-order valence-corrected chi connectivity index (χ3v) is 4.84. The summed E-state index contributed by atoms with van der Waals surface area (Å²) in [5.74, 6) is 0.908. The molecule has 0 atom stereocenters. The summed E-state index contributed by atoms with van der Waals surface area (Å²) in [5, 5.41) is 5.04. The third kappa shape index (κ3) is 8.80. The van der Waals surface area contributed by atoms with E-state index in [-0.39, 0.29) is 17.1 Å². The highest BCUT2D eigenvalue weighted by molar-refractivity contribution is 6.31. The lowest BCUT2D eigenvalue weighted by molar-refractivity contribution is -0.137. The summed E-state index contributed by atoms with van der Waals surface area (Å²) < 4.78 is 45.0. The van der Waals surface area contributed by atoms with Gasteiger partial charge in [-0.2, -0.15) is 13.2 Å². The van der Waals surface area contributed by atoms with Crippen LogP contribution in [0.4, 0.5) is 29.3 Å². The molecule has 2 amide bonds. The number of halogens is 4. The van der Waals surface area contributed by atoms with Gasteiger partial charge in [0.1, 0.15) is 11.3 Å². The monoisotopic (exact) mass is 575 g/mol. The van der Waals surface area contributed by atoms with Crippen molar-refractivity contribution in [1.82, 2.24) is 9.55 Å². The van der Waals surface area contributed by atoms with E-state index in [0.29, 0.717) is 17.2 Å². The zero-order valence-corrected chi connectivity index (χ0v) is 21.9. The van der Waals surface area contributed by atoms with Gasteiger partial charge in [-0.05, 0) is 56.6 Å². The quantitative estimate of drug-likeness (QED) is 0.161. The van der Waals surface area contributed by atoms with Gasteiger partial charge in [0.05, 0.1) is 21.8 Å². The number of carbonyl (C=O) groups is 3. The van der Waals surface area contributed by atoms with Crippen LogP contribution in [-0.4, -0.2) is 33.1 Å². The first-order valence-corrected chi connectivity index (χ1v) is 11.3. The third-order valence-electron chi connectivity index (χ3n) is 4.51. The molecule has 0 aliphatic heterocycles. The number of azide groups is 1. The molecule has 11 nitrogen and oxygen atoms in total. The molecule has 15 heteroatoms. The summed E-state index contributed by atoms with van der Waals surface area (Å²) in [6, 6.07) is 5.44. The summed E-state index contributed by atoms with van der Waals surface area (Å²) in [4.78, 5) is 41.8. The average molecular weight is 576 g/mol. The second-order valence-electron chi connectivity index (χ2n) is 8.74. The molecule has 0 spiro atoms. The van der Waals surface area contributed by atoms with E-state index in [1.165, 1.54) is 24.5 Å². The van der Waals surface area contributed by atoms with Crippen LogP contribution in [-0.2, 0) is 10.9 Å². The normalized spacial score (nSPS) is 10.8. The van der Waals surface area contributed by atoms with Crippen molar-refractivity contribution >= 4 is 40.9 Å². The van der Waals surface area contributed by atoms with E-state index in [1.807, 2.05) is 0 Å². The average Bonchev–Trinajstić information content (AvgIpc) is 3.28. The number of ether oxygens (including phenoxy) is 1. The van der Waals surface area contributed by atoms with E-state index < -0.39 is 40.3 Å². The van der Waals surface area contributed by atoms with E-state index in [9.17, 15) is 27.6 Å². The van der Waals surface area contributed by atoms with Crippen LogP contribution in [0, 0.1) is 12.3 Å². The first kappa shape index (κ1) is 31.2. The maximum atomic E-state index is 13.0. The van der Waals surface area contributed by atoms with Crippen molar-refractivity contribution in [2.75, 3.05) is 5.32 Å². The Kier molecular flexibility index (Phi) is 9.92. The van der Waals surface area contributed by atoms with E-state index in [2.05, 4.69) is 26.2 Å². The maximum Gasteiger partial charge on any atom is 0.419 e. The molecule has 3 aromatic rings. The molecule has 208 valence electrons. The molecular formula is C25H21ClF3N7O4. The first-order chi connectivity index (χ1) is 18.6. The lowest BCUT2D eigenvalue weighted by atomic mass is 10.2. The van der Waals surface area contributed by atoms with Crippen LogP contribution in [0.15, 0.2) is 54.0 Å². The highest BCUT2D eigenvalue weighted by Gasteiger charge is 2.33. The second-order valence-corrected chi connectivity index (χ2v) is 9.15. The van der Waals surface area contributed by atoms with Gasteiger partial charge < -0.3 is 15.8 Å². The molecule has 0 radical (unpaired) electrons. The molecule has 2 heterocycles. The van der Waals surface area contributed by atoms with Gasteiger partial charge in [0.25, 0.3) is 5.91 Å². The van der Waals surface area contributed by atoms with Crippen molar-refractivity contribution in [2.45, 2.75) is 32.5 Å². The Hall–Kier alpha value is -4.99. The highest BCUT2D eigenvalue weighted by atomic mass is 35.5. The molecular weight excluding hydrogens is 555 g/mol. The van der Waals surface area contributed by atoms with Gasteiger partial charge in [-0.3, -0.25) is 14.6 Å². The Morgan fingerprint density at radius 3 is 2.42 bits per heavy atom. The van der Waals surface area contributed by atoms with Crippen molar-refractivity contribution in [3.63, 3.8) is 0 Å². The van der Waals surface area contributed by atoms with Crippen molar-refractivity contribution in [1.29, 1.82) is 0 Å². The molecule has 0 unspecified atom stereocenters. The summed E-state index contributed by atoms with van der Waals surface area (Å²) in [6.07, 6.45) is 3.37. The molecule has 0 fully saturated rings. The minimum absolute atomic E-state index is 0.0596. The lowest BCUT2D eigenvalue weighted by Gasteiger charge is -2.20. The number of nitrogens with two attached hydrogens (primary N) is 1. The number of hydrogen-bond donors (Lipinski definition) is 2. The van der Waals surface area contributed by atoms with E-state index >= 15 is 0 Å². The standard InChI is InChI=1S/C17H15ClF3N5O3.C8H6N2O/c1-16(2,3)29-15(28)26-8-10(24-25-22)7-13(26)14(27)23-9-4-5-12(18)11(6-9)17(19,20)21;1-2-6-3-7(8(9)11)5-10-4-6/h4-8H,1-3H3,(H,23,27);1,3-5H,(H2,9,11). The number of hydrogen-bond acceptors (Lipinski definition) is 6. The fourth-order valence-electron chi connectivity index (χ4n) is 2.86. The van der Waals surface area contributed by atoms with Gasteiger partial charge in [0.15, 0.2) is 0 Å². The number of carbonyl (C=O) groups excluding carboxylic acids is 3. The van der Waals surface area contributed by atoms with Crippen molar-refractivity contribution in [3.05, 3.63) is 86.8 Å². The van der Waals surface area contributed by atoms with Crippen LogP contribution < -0.4 is 11.1 Å². The van der Waals surface area contributed by atoms with Crippen molar-refractivity contribution in [2.24, 2.45) is 10.8 Å². The maximum absolute atomic E-state index is 13.0. The van der Waals surface area contributed by atoms with Crippen LogP contribution in [0.5, 0.6) is 0 Å². The Labute approximate surface area is 230 Å². The van der Waals surface area contributed by atoms with Gasteiger partial charge in [-0.1, -0.05) is 22.6 Å². The molecule has 0 saturated carbocycles. The van der Waals surface area contributed by atoms with E-state index in [0.717, 1.165) is 22.9 Å². The van der Waals surface area contributed by atoms with Gasteiger partial charge in [0, 0.05) is 34.8 Å². The van der Waals surface area contributed by atoms with Crippen LogP contribution in [0.3, 0.4) is 0 Å². The smallest absolute Gasteiger partial charge is 0.419 e. The molecule has 0 aliphatic carbocycles. The number of nitrogens with zero attached hydrogens (tertiary/aromatic N) is 5. The molecule has 0 saturated heterocycles. The lowest BCUT2D eigenvalue weighted by Crippen LogP contribution is -2.29. The molecule has 3 N–H and O–H groups in total. The number of rotatable bonds is 4. The number of alkyl halides is 3. The van der Waals surface area contributed by atoms with Gasteiger partial charge in [0.2, 0.25) is 5.91 Å². The van der Waals surface area contributed by atoms with Crippen LogP contribution in [0.25, 0.3) is 10.4 Å². The Morgan fingerprint density at radius 2 is 1.88 bits per heavy atom. The molecule has 0 bridgehead atoms. The number of aromatic nitrogens is 2. The number of nitrogens with one attached hydrogen (secondary N) is 1. The molecule has 0 aliphatic rings. The predicted molar refractivity (Wildman–Crippen MR) is 140 cm³/mol. The van der Waals surface area contributed by atoms with E-state index in [4.69, 9.17) is 34.0 Å². The molecule has 3 rings (SSSR count). The van der Waals surface area contributed by atoms with Gasteiger partial charge >= 0.3 is 12.3 Å². The van der Waals surface area contributed by atoms with Crippen molar-refractivity contribution < 1.29 is 32.3 Å². The summed E-state index contributed by atoms with van der Waals surface area (Å²) >= 11 is 5.56. The minimum Gasteiger partial charge on any atom is -0.443 e. The SMILES string of the molecule is C#Cc1cncc(C(N)=O)c1.CC(C)(C)OC(=O)n1cc(N=[N+]=[N-])cc1C(=O)Nc1ccc(Cl)c(C(F)(F)F)c1. The Bertz CT molecular complexity index is 1530. The van der Waals surface area contributed by atoms with Crippen LogP contribution in [0.2, 0.25) is 5.02 Å². The number of anilines is 1. The Balaban J connectivity index is 0.000000425. The summed E-state index contributed by atoms with van der Waals surface area (Å²) in [7, 11) is 0.